The van der Waals surface area contributed by atoms with Gasteiger partial charge in [-0.25, -0.2) is 12.7 Å². The van der Waals surface area contributed by atoms with Crippen LogP contribution in [0.4, 0.5) is 0 Å². The second kappa shape index (κ2) is 10.3. The van der Waals surface area contributed by atoms with Gasteiger partial charge in [0.25, 0.3) is 0 Å². The van der Waals surface area contributed by atoms with E-state index in [-0.39, 0.29) is 5.92 Å². The van der Waals surface area contributed by atoms with Crippen molar-refractivity contribution in [2.45, 2.75) is 25.2 Å². The third-order valence-corrected chi connectivity index (χ3v) is 9.52. The third kappa shape index (κ3) is 5.47. The van der Waals surface area contributed by atoms with E-state index in [1.165, 1.54) is 17.4 Å². The van der Waals surface area contributed by atoms with Crippen molar-refractivity contribution in [1.29, 1.82) is 0 Å². The summed E-state index contributed by atoms with van der Waals surface area (Å²) in [4.78, 5) is 9.33. The number of rotatable bonds is 5. The summed E-state index contributed by atoms with van der Waals surface area (Å²) in [6, 6.07) is 10.3. The molecule has 1 aliphatic carbocycles. The van der Waals surface area contributed by atoms with Crippen LogP contribution in [-0.4, -0.2) is 70.5 Å². The SMILES string of the molecule is CS(=O)(=O)N1CCC(C2c3ccc(Cl)cc3C=C(C/C=C/c3c[n]([Tl])cn3)c3cccnc32)CC1. The van der Waals surface area contributed by atoms with E-state index in [2.05, 4.69) is 43.9 Å². The molecule has 1 aliphatic heterocycles. The quantitative estimate of drug-likeness (QED) is 0.365. The molecule has 9 heteroatoms. The van der Waals surface area contributed by atoms with Gasteiger partial charge in [0.05, 0.1) is 6.26 Å². The van der Waals surface area contributed by atoms with E-state index in [1.54, 1.807) is 4.31 Å². The van der Waals surface area contributed by atoms with Crippen LogP contribution in [0.2, 0.25) is 5.02 Å². The van der Waals surface area contributed by atoms with Crippen LogP contribution in [0.3, 0.4) is 0 Å². The minimum absolute atomic E-state index is 0.0830. The zero-order chi connectivity index (χ0) is 24.6. The van der Waals surface area contributed by atoms with Crippen molar-refractivity contribution in [2.24, 2.45) is 5.92 Å². The van der Waals surface area contributed by atoms with E-state index in [4.69, 9.17) is 16.6 Å². The number of halogens is 1. The van der Waals surface area contributed by atoms with Crippen LogP contribution in [0.5, 0.6) is 0 Å². The van der Waals surface area contributed by atoms with Gasteiger partial charge < -0.3 is 0 Å². The van der Waals surface area contributed by atoms with Crippen LogP contribution in [0.1, 0.15) is 53.3 Å². The van der Waals surface area contributed by atoms with E-state index in [0.29, 0.717) is 50.1 Å². The Balaban J connectivity index is 1.53. The molecule has 6 nitrogen and oxygen atoms in total. The maximum atomic E-state index is 12.1. The van der Waals surface area contributed by atoms with Crippen LogP contribution in [0, 0.1) is 5.92 Å². The molecule has 0 radical (unpaired) electrons. The number of piperidine rings is 1. The Morgan fingerprint density at radius 2 is 2.00 bits per heavy atom. The summed E-state index contributed by atoms with van der Waals surface area (Å²) in [6.07, 6.45) is 15.9. The van der Waals surface area contributed by atoms with Gasteiger partial charge in [0.2, 0.25) is 10.0 Å². The smallest absolute Gasteiger partial charge is 0.0137 e. The van der Waals surface area contributed by atoms with E-state index in [1.807, 2.05) is 30.7 Å². The van der Waals surface area contributed by atoms with Gasteiger partial charge in [-0.3, -0.25) is 0 Å². The zero-order valence-corrected chi connectivity index (χ0v) is 25.6. The molecular weight excluding hydrogens is 672 g/mol. The summed E-state index contributed by atoms with van der Waals surface area (Å²) in [5.41, 5.74) is 6.69. The topological polar surface area (TPSA) is 68.1 Å². The standard InChI is InChI=1S/C26H26ClN4O2S.Tl/c1-34(32,33)31-12-9-18(10-13-31)25-23-8-7-21(27)15-20(23)14-19(24-6-3-11-29-26(24)25)4-2-5-22-16-28-17-30-22;/h2-3,5-8,11,14-18,25H,4,9-10,12-13H2,1H3;/q-1;+1/b5-2+;. The summed E-state index contributed by atoms with van der Waals surface area (Å²) in [5, 5.41) is 0.706. The summed E-state index contributed by atoms with van der Waals surface area (Å²) in [6.45, 7) is 1.09. The number of sulfonamides is 1. The van der Waals surface area contributed by atoms with Gasteiger partial charge in [0.15, 0.2) is 0 Å². The average molecular weight is 698 g/mol. The number of aromatic nitrogens is 3. The predicted octanol–water partition coefficient (Wildman–Crippen LogP) is 4.62. The second-order valence-electron chi connectivity index (χ2n) is 9.21. The second-order valence-corrected chi connectivity index (χ2v) is 13.9. The van der Waals surface area contributed by atoms with Crippen molar-refractivity contribution in [2.75, 3.05) is 19.3 Å². The first kappa shape index (κ1) is 24.9. The van der Waals surface area contributed by atoms with Crippen LogP contribution in [0.15, 0.2) is 55.1 Å². The minimum Gasteiger partial charge on any atom is 0.0137 e. The molecule has 3 aromatic rings. The molecule has 5 rings (SSSR count). The fourth-order valence-corrected chi connectivity index (χ4v) is 7.14. The van der Waals surface area contributed by atoms with Gasteiger partial charge >= 0.3 is 187 Å². The molecule has 2 aliphatic rings. The van der Waals surface area contributed by atoms with E-state index < -0.39 is 10.0 Å². The van der Waals surface area contributed by atoms with Crippen molar-refractivity contribution >= 4 is 65.4 Å². The Bertz CT molecular complexity index is 1410. The van der Waals surface area contributed by atoms with Crippen LogP contribution in [-0.2, 0) is 10.0 Å². The molecule has 1 fully saturated rings. The molecular formula is C26H26ClN4O2STl. The van der Waals surface area contributed by atoms with Crippen molar-refractivity contribution in [3.63, 3.8) is 0 Å². The molecule has 1 atom stereocenters. The zero-order valence-electron chi connectivity index (χ0n) is 19.5. The van der Waals surface area contributed by atoms with Crippen molar-refractivity contribution < 1.29 is 8.42 Å². The number of pyridine rings is 1. The molecule has 0 bridgehead atoms. The monoisotopic (exact) mass is 698 g/mol. The molecule has 178 valence electrons. The van der Waals surface area contributed by atoms with Gasteiger partial charge in [-0.2, -0.15) is 0 Å². The average Bonchev–Trinajstić information content (AvgIpc) is 3.19. The molecule has 0 N–H and O–H groups in total. The summed E-state index contributed by atoms with van der Waals surface area (Å²) < 4.78 is 27.9. The summed E-state index contributed by atoms with van der Waals surface area (Å²) in [5.74, 6) is 0.378. The normalized spacial score (nSPS) is 19.2. The minimum atomic E-state index is -3.18. The van der Waals surface area contributed by atoms with Gasteiger partial charge in [-0.1, -0.05) is 0 Å². The Labute approximate surface area is 227 Å². The number of benzene rings is 1. The molecule has 35 heavy (non-hydrogen) atoms. The van der Waals surface area contributed by atoms with Gasteiger partial charge in [-0.05, 0) is 0 Å². The maximum absolute atomic E-state index is 12.1. The van der Waals surface area contributed by atoms with E-state index in [9.17, 15) is 8.42 Å². The fraction of sp³-hybridized carbons (Fsp3) is 0.308. The molecule has 0 spiro atoms. The van der Waals surface area contributed by atoms with Crippen LogP contribution in [0.25, 0.3) is 17.7 Å². The first-order valence-electron chi connectivity index (χ1n) is 11.7. The molecule has 1 saturated heterocycles. The number of fused-ring (bicyclic) bond motifs is 2. The molecule has 0 saturated carbocycles. The molecule has 3 heterocycles. The van der Waals surface area contributed by atoms with E-state index in [0.717, 1.165) is 41.8 Å². The molecule has 2 aromatic heterocycles. The van der Waals surface area contributed by atoms with E-state index >= 15 is 0 Å². The summed E-state index contributed by atoms with van der Waals surface area (Å²) in [7, 11) is -3.18. The van der Waals surface area contributed by atoms with Crippen LogP contribution < -0.4 is 0 Å². The van der Waals surface area contributed by atoms with Crippen molar-refractivity contribution in [3.05, 3.63) is 88.2 Å². The van der Waals surface area contributed by atoms with Gasteiger partial charge in [0.1, 0.15) is 0 Å². The molecule has 1 aromatic carbocycles. The Morgan fingerprint density at radius 1 is 1.20 bits per heavy atom. The Kier molecular flexibility index (Phi) is 7.30. The van der Waals surface area contributed by atoms with Crippen molar-refractivity contribution in [3.8, 4) is 0 Å². The number of nitrogens with zero attached hydrogens (tertiary/aromatic N) is 4. The van der Waals surface area contributed by atoms with Gasteiger partial charge in [-0.15, -0.1) is 0 Å². The number of hydrogen-bond acceptors (Lipinski definition) is 4. The predicted molar refractivity (Wildman–Crippen MR) is 142 cm³/mol. The van der Waals surface area contributed by atoms with Gasteiger partial charge in [0, 0.05) is 13.1 Å². The molecule has 1 unspecified atom stereocenters. The first-order chi connectivity index (χ1) is 16.8. The van der Waals surface area contributed by atoms with Crippen molar-refractivity contribution in [1.82, 2.24) is 16.6 Å². The fourth-order valence-electron chi connectivity index (χ4n) is 5.24. The third-order valence-electron chi connectivity index (χ3n) is 6.88. The number of imidazole rings is 1. The Morgan fingerprint density at radius 3 is 2.71 bits per heavy atom. The first-order valence-corrected chi connectivity index (χ1v) is 15.9. The Hall–Kier alpha value is -1.82. The summed E-state index contributed by atoms with van der Waals surface area (Å²) >= 11 is 7.15. The number of allylic oxidation sites excluding steroid dienone is 2. The number of hydrogen-bond donors (Lipinski definition) is 0. The molecule has 0 amide bonds. The van der Waals surface area contributed by atoms with Crippen LogP contribution >= 0.6 is 11.6 Å².